The van der Waals surface area contributed by atoms with Crippen LogP contribution in [0.15, 0.2) is 39.4 Å². The van der Waals surface area contributed by atoms with Crippen LogP contribution in [0.2, 0.25) is 5.02 Å². The highest BCUT2D eigenvalue weighted by Gasteiger charge is 2.28. The molecule has 0 atom stereocenters. The summed E-state index contributed by atoms with van der Waals surface area (Å²) in [4.78, 5) is 18.9. The normalized spacial score (nSPS) is 15.8. The second-order valence-electron chi connectivity index (χ2n) is 6.24. The Kier molecular flexibility index (Phi) is 4.23. The molecule has 1 aliphatic rings. The van der Waals surface area contributed by atoms with Crippen LogP contribution in [0.3, 0.4) is 0 Å². The van der Waals surface area contributed by atoms with Gasteiger partial charge in [-0.15, -0.1) is 0 Å². The number of carbonyl (C=O) groups excluding carboxylic acids is 1. The van der Waals surface area contributed by atoms with Gasteiger partial charge in [0.25, 0.3) is 5.91 Å². The lowest BCUT2D eigenvalue weighted by Crippen LogP contribution is -2.37. The summed E-state index contributed by atoms with van der Waals surface area (Å²) in [7, 11) is 0. The number of rotatable bonds is 3. The number of aromatic nitrogens is 1. The van der Waals surface area contributed by atoms with Crippen molar-refractivity contribution in [1.82, 2.24) is 9.88 Å². The molecule has 0 saturated carbocycles. The van der Waals surface area contributed by atoms with Crippen molar-refractivity contribution in [3.63, 3.8) is 0 Å². The number of likely N-dealkylation sites (tertiary alicyclic amines) is 1. The average molecular weight is 360 g/mol. The molecule has 0 aliphatic carbocycles. The minimum atomic E-state index is -0.0220. The van der Waals surface area contributed by atoms with E-state index in [0.29, 0.717) is 29.4 Å². The first-order valence-corrected chi connectivity index (χ1v) is 8.64. The second kappa shape index (κ2) is 6.54. The predicted octanol–water partition coefficient (Wildman–Crippen LogP) is 3.55. The summed E-state index contributed by atoms with van der Waals surface area (Å²) in [6.45, 7) is 1.61. The molecule has 1 saturated heterocycles. The van der Waals surface area contributed by atoms with Gasteiger partial charge in [-0.05, 0) is 37.1 Å². The van der Waals surface area contributed by atoms with E-state index in [0.717, 1.165) is 29.8 Å². The molecule has 0 radical (unpaired) electrons. The predicted molar refractivity (Wildman–Crippen MR) is 93.5 cm³/mol. The molecule has 2 N–H and O–H groups in total. The summed E-state index contributed by atoms with van der Waals surface area (Å²) in [6.07, 6.45) is 3.10. The Hall–Kier alpha value is -2.31. The van der Waals surface area contributed by atoms with E-state index < -0.39 is 0 Å². The molecule has 2 aromatic heterocycles. The van der Waals surface area contributed by atoms with Crippen LogP contribution in [0.1, 0.15) is 40.8 Å². The van der Waals surface area contributed by atoms with E-state index in [1.165, 1.54) is 6.26 Å². The van der Waals surface area contributed by atoms with Gasteiger partial charge in [0, 0.05) is 24.0 Å². The van der Waals surface area contributed by atoms with Crippen LogP contribution in [0, 0.1) is 0 Å². The van der Waals surface area contributed by atoms with E-state index in [-0.39, 0.29) is 18.4 Å². The zero-order valence-electron chi connectivity index (χ0n) is 13.6. The molecule has 3 aromatic rings. The maximum absolute atomic E-state index is 12.5. The van der Waals surface area contributed by atoms with Crippen LogP contribution in [-0.4, -0.2) is 28.9 Å². The van der Waals surface area contributed by atoms with Crippen LogP contribution in [0.25, 0.3) is 11.1 Å². The Morgan fingerprint density at radius 2 is 2.12 bits per heavy atom. The molecule has 7 heteroatoms. The molecule has 25 heavy (non-hydrogen) atoms. The standard InChI is InChI=1S/C18H18ClN3O3/c19-13-1-2-16-15(8-13)21-17(25-16)11-3-5-22(6-4-11)18(23)12-7-14(9-20)24-10-12/h1-2,7-8,10-11H,3-6,9,20H2. The van der Waals surface area contributed by atoms with Gasteiger partial charge >= 0.3 is 0 Å². The number of benzene rings is 1. The van der Waals surface area contributed by atoms with Crippen molar-refractivity contribution in [3.8, 4) is 0 Å². The van der Waals surface area contributed by atoms with E-state index in [1.807, 2.05) is 11.0 Å². The summed E-state index contributed by atoms with van der Waals surface area (Å²) >= 11 is 6.00. The van der Waals surface area contributed by atoms with E-state index >= 15 is 0 Å². The van der Waals surface area contributed by atoms with Crippen LogP contribution < -0.4 is 5.73 Å². The zero-order valence-corrected chi connectivity index (χ0v) is 14.3. The van der Waals surface area contributed by atoms with Gasteiger partial charge in [0.2, 0.25) is 0 Å². The van der Waals surface area contributed by atoms with Gasteiger partial charge in [-0.3, -0.25) is 4.79 Å². The first-order valence-electron chi connectivity index (χ1n) is 8.27. The first kappa shape index (κ1) is 16.2. The third-order valence-electron chi connectivity index (χ3n) is 4.60. The SMILES string of the molecule is NCc1cc(C(=O)N2CCC(c3nc4cc(Cl)ccc4o3)CC2)co1. The molecular formula is C18H18ClN3O3. The largest absolute Gasteiger partial charge is 0.467 e. The summed E-state index contributed by atoms with van der Waals surface area (Å²) in [5, 5.41) is 0.643. The number of hydrogen-bond donors (Lipinski definition) is 1. The van der Waals surface area contributed by atoms with Crippen LogP contribution in [-0.2, 0) is 6.54 Å². The molecule has 6 nitrogen and oxygen atoms in total. The number of oxazole rings is 1. The van der Waals surface area contributed by atoms with Crippen molar-refractivity contribution >= 4 is 28.6 Å². The third-order valence-corrected chi connectivity index (χ3v) is 4.83. The minimum Gasteiger partial charge on any atom is -0.467 e. The number of amides is 1. The molecule has 0 unspecified atom stereocenters. The molecule has 1 amide bonds. The summed E-state index contributed by atoms with van der Waals surface area (Å²) in [5.74, 6) is 1.52. The molecule has 3 heterocycles. The van der Waals surface area contributed by atoms with Gasteiger partial charge < -0.3 is 19.5 Å². The van der Waals surface area contributed by atoms with E-state index in [1.54, 1.807) is 18.2 Å². The number of fused-ring (bicyclic) bond motifs is 1. The number of halogens is 1. The Morgan fingerprint density at radius 1 is 1.32 bits per heavy atom. The Labute approximate surface area is 149 Å². The van der Waals surface area contributed by atoms with Crippen LogP contribution >= 0.6 is 11.6 Å². The van der Waals surface area contributed by atoms with Gasteiger partial charge in [-0.25, -0.2) is 4.98 Å². The number of nitrogens with two attached hydrogens (primary N) is 1. The van der Waals surface area contributed by atoms with E-state index in [9.17, 15) is 4.79 Å². The summed E-state index contributed by atoms with van der Waals surface area (Å²) < 4.78 is 11.1. The summed E-state index contributed by atoms with van der Waals surface area (Å²) in [6, 6.07) is 7.14. The number of nitrogens with zero attached hydrogens (tertiary/aromatic N) is 2. The number of carbonyl (C=O) groups is 1. The molecule has 1 aromatic carbocycles. The lowest BCUT2D eigenvalue weighted by Gasteiger charge is -2.30. The molecule has 4 rings (SSSR count). The Bertz CT molecular complexity index is 909. The minimum absolute atomic E-state index is 0.0220. The van der Waals surface area contributed by atoms with Crippen LogP contribution in [0.5, 0.6) is 0 Å². The van der Waals surface area contributed by atoms with Crippen molar-refractivity contribution in [2.45, 2.75) is 25.3 Å². The lowest BCUT2D eigenvalue weighted by molar-refractivity contribution is 0.0706. The van der Waals surface area contributed by atoms with Gasteiger partial charge in [0.1, 0.15) is 17.5 Å². The van der Waals surface area contributed by atoms with Crippen molar-refractivity contribution in [1.29, 1.82) is 0 Å². The van der Waals surface area contributed by atoms with Crippen molar-refractivity contribution in [2.24, 2.45) is 5.73 Å². The maximum atomic E-state index is 12.5. The fourth-order valence-electron chi connectivity index (χ4n) is 3.20. The van der Waals surface area contributed by atoms with E-state index in [4.69, 9.17) is 26.2 Å². The fraction of sp³-hybridized carbons (Fsp3) is 0.333. The first-order chi connectivity index (χ1) is 12.1. The van der Waals surface area contributed by atoms with E-state index in [2.05, 4.69) is 4.98 Å². The zero-order chi connectivity index (χ0) is 17.4. The smallest absolute Gasteiger partial charge is 0.257 e. The van der Waals surface area contributed by atoms with Crippen molar-refractivity contribution in [3.05, 3.63) is 52.8 Å². The molecular weight excluding hydrogens is 342 g/mol. The highest BCUT2D eigenvalue weighted by atomic mass is 35.5. The Balaban J connectivity index is 1.44. The quantitative estimate of drug-likeness (QED) is 0.772. The van der Waals surface area contributed by atoms with Crippen LogP contribution in [0.4, 0.5) is 0 Å². The molecule has 0 spiro atoms. The topological polar surface area (TPSA) is 85.5 Å². The third kappa shape index (κ3) is 3.15. The monoisotopic (exact) mass is 359 g/mol. The maximum Gasteiger partial charge on any atom is 0.257 e. The second-order valence-corrected chi connectivity index (χ2v) is 6.67. The van der Waals surface area contributed by atoms with Gasteiger partial charge in [0.05, 0.1) is 12.1 Å². The van der Waals surface area contributed by atoms with Crippen molar-refractivity contribution in [2.75, 3.05) is 13.1 Å². The van der Waals surface area contributed by atoms with Gasteiger partial charge in [-0.2, -0.15) is 0 Å². The Morgan fingerprint density at radius 3 is 2.84 bits per heavy atom. The highest BCUT2D eigenvalue weighted by molar-refractivity contribution is 6.31. The number of piperidine rings is 1. The highest BCUT2D eigenvalue weighted by Crippen LogP contribution is 2.31. The molecule has 1 aliphatic heterocycles. The number of furan rings is 1. The fourth-order valence-corrected chi connectivity index (χ4v) is 3.37. The van der Waals surface area contributed by atoms with Gasteiger partial charge in [0.15, 0.2) is 11.5 Å². The lowest BCUT2D eigenvalue weighted by atomic mass is 9.96. The average Bonchev–Trinajstić information content (AvgIpc) is 3.27. The van der Waals surface area contributed by atoms with Crippen molar-refractivity contribution < 1.29 is 13.6 Å². The molecule has 0 bridgehead atoms. The molecule has 1 fully saturated rings. The van der Waals surface area contributed by atoms with Gasteiger partial charge in [-0.1, -0.05) is 11.6 Å². The molecule has 130 valence electrons. The number of hydrogen-bond acceptors (Lipinski definition) is 5. The summed E-state index contributed by atoms with van der Waals surface area (Å²) in [5.41, 5.74) is 7.59.